The van der Waals surface area contributed by atoms with Crippen LogP contribution in [0.3, 0.4) is 0 Å². The molecule has 0 radical (unpaired) electrons. The van der Waals surface area contributed by atoms with Crippen LogP contribution in [-0.2, 0) is 47.8 Å². The first-order valence-corrected chi connectivity index (χ1v) is 13.5. The van der Waals surface area contributed by atoms with Gasteiger partial charge in [0.2, 0.25) is 23.4 Å². The van der Waals surface area contributed by atoms with Gasteiger partial charge in [0.15, 0.2) is 0 Å². The van der Waals surface area contributed by atoms with Crippen molar-refractivity contribution in [2.45, 2.75) is 44.8 Å². The van der Waals surface area contributed by atoms with Gasteiger partial charge in [0.05, 0.1) is 24.7 Å². The Morgan fingerprint density at radius 2 is 1.24 bits per heavy atom. The third-order valence-electron chi connectivity index (χ3n) is 4.31. The van der Waals surface area contributed by atoms with Gasteiger partial charge in [0.25, 0.3) is 0 Å². The number of hydrogen-bond donors (Lipinski definition) is 5. The molecular formula is C21H31N3O12S2. The molecule has 214 valence electrons. The zero-order valence-electron chi connectivity index (χ0n) is 20.8. The molecule has 0 aliphatic rings. The molecule has 17 heteroatoms. The maximum absolute atomic E-state index is 12.8. The second kappa shape index (κ2) is 19.0. The van der Waals surface area contributed by atoms with E-state index in [1.807, 2.05) is 0 Å². The van der Waals surface area contributed by atoms with E-state index in [1.54, 1.807) is 0 Å². The maximum Gasteiger partial charge on any atom is 0.375 e. The predicted molar refractivity (Wildman–Crippen MR) is 134 cm³/mol. The number of carboxylic acids is 2. The molecule has 0 aliphatic carbocycles. The second-order valence-corrected chi connectivity index (χ2v) is 9.38. The van der Waals surface area contributed by atoms with Crippen molar-refractivity contribution in [3.8, 4) is 0 Å². The Bertz CT molecular complexity index is 899. The number of ketones is 2. The van der Waals surface area contributed by atoms with Gasteiger partial charge in [-0.3, -0.25) is 24.0 Å². The van der Waals surface area contributed by atoms with Crippen LogP contribution in [0, 0.1) is 0 Å². The molecule has 0 aromatic carbocycles. The van der Waals surface area contributed by atoms with Crippen molar-refractivity contribution in [1.29, 1.82) is 0 Å². The molecule has 0 bridgehead atoms. The molecule has 15 nitrogen and oxygen atoms in total. The lowest BCUT2D eigenvalue weighted by Gasteiger charge is -2.21. The molecule has 0 saturated heterocycles. The highest BCUT2D eigenvalue weighted by molar-refractivity contribution is 8.00. The molecule has 0 aromatic rings. The Hall–Kier alpha value is -3.18. The quantitative estimate of drug-likeness (QED) is 0.0768. The van der Waals surface area contributed by atoms with Crippen LogP contribution in [0.2, 0.25) is 0 Å². The number of ether oxygens (including phenoxy) is 2. The molecule has 0 spiro atoms. The third-order valence-corrected chi connectivity index (χ3v) is 6.38. The lowest BCUT2D eigenvalue weighted by atomic mass is 10.1. The van der Waals surface area contributed by atoms with Crippen LogP contribution in [0.4, 0.5) is 0 Å². The topological polar surface area (TPSA) is 246 Å². The molecule has 3 atom stereocenters. The predicted octanol–water partition coefficient (Wildman–Crippen LogP) is -2.04. The Morgan fingerprint density at radius 1 is 0.763 bits per heavy atom. The van der Waals surface area contributed by atoms with Crippen molar-refractivity contribution in [2.24, 2.45) is 5.73 Å². The maximum atomic E-state index is 12.8. The van der Waals surface area contributed by atoms with Gasteiger partial charge in [-0.1, -0.05) is 0 Å². The highest BCUT2D eigenvalue weighted by Gasteiger charge is 2.28. The summed E-state index contributed by atoms with van der Waals surface area (Å²) in [5, 5.41) is 22.8. The van der Waals surface area contributed by atoms with Gasteiger partial charge in [-0.25, -0.2) is 14.4 Å². The number of aliphatic carboxylic acids is 2. The van der Waals surface area contributed by atoms with Crippen molar-refractivity contribution in [3.05, 3.63) is 0 Å². The Balaban J connectivity index is 5.24. The van der Waals surface area contributed by atoms with E-state index in [0.717, 1.165) is 23.5 Å². The van der Waals surface area contributed by atoms with Gasteiger partial charge in [-0.05, 0) is 20.3 Å². The normalized spacial score (nSPS) is 12.8. The molecule has 0 heterocycles. The highest BCUT2D eigenvalue weighted by atomic mass is 32.2. The molecule has 38 heavy (non-hydrogen) atoms. The van der Waals surface area contributed by atoms with Crippen LogP contribution < -0.4 is 16.4 Å². The summed E-state index contributed by atoms with van der Waals surface area (Å²) in [6.07, 6.45) is -0.606. The fraction of sp³-hybridized carbons (Fsp3) is 0.619. The number of rotatable bonds is 20. The monoisotopic (exact) mass is 581 g/mol. The van der Waals surface area contributed by atoms with Gasteiger partial charge in [-0.15, -0.1) is 0 Å². The van der Waals surface area contributed by atoms with Crippen LogP contribution in [0.1, 0.15) is 26.7 Å². The van der Waals surface area contributed by atoms with Gasteiger partial charge < -0.3 is 36.1 Å². The Morgan fingerprint density at radius 3 is 1.66 bits per heavy atom. The molecule has 0 saturated carbocycles. The summed E-state index contributed by atoms with van der Waals surface area (Å²) in [6.45, 7) is 2.99. The number of Topliss-reactive ketones (excluding diaryl/α,β-unsaturated/α-hetero) is 2. The Kier molecular flexibility index (Phi) is 17.4. The summed E-state index contributed by atoms with van der Waals surface area (Å²) in [6, 6.07) is -4.22. The lowest BCUT2D eigenvalue weighted by Crippen LogP contribution is -2.53. The van der Waals surface area contributed by atoms with Crippen LogP contribution >= 0.6 is 23.5 Å². The van der Waals surface area contributed by atoms with E-state index < -0.39 is 76.9 Å². The van der Waals surface area contributed by atoms with E-state index in [0.29, 0.717) is 0 Å². The van der Waals surface area contributed by atoms with Gasteiger partial charge in [0.1, 0.15) is 18.1 Å². The van der Waals surface area contributed by atoms with E-state index in [4.69, 9.17) is 10.8 Å². The standard InChI is InChI=1S/C21H31N3O12S2/c1-3-35-20(33)14(25)9-37-7-12(23-16(27)6-5-11(22)18(29)30)17(28)24-13(19(31)32)8-38-10-15(26)21(34)36-4-2/h11-13H,3-10,22H2,1-2H3,(H,23,27)(H,24,28)(H,29,30)(H,31,32). The largest absolute Gasteiger partial charge is 0.480 e. The second-order valence-electron chi connectivity index (χ2n) is 7.32. The number of carboxylic acid groups (broad SMARTS) is 2. The lowest BCUT2D eigenvalue weighted by molar-refractivity contribution is -0.152. The average Bonchev–Trinajstić information content (AvgIpc) is 2.85. The summed E-state index contributed by atoms with van der Waals surface area (Å²) < 4.78 is 9.13. The first kappa shape index (κ1) is 34.8. The minimum Gasteiger partial charge on any atom is -0.480 e. The van der Waals surface area contributed by atoms with Crippen LogP contribution in [-0.4, -0.2) is 112 Å². The van der Waals surface area contributed by atoms with E-state index in [9.17, 15) is 43.5 Å². The van der Waals surface area contributed by atoms with Crippen molar-refractivity contribution in [3.63, 3.8) is 0 Å². The number of carbonyl (C=O) groups excluding carboxylic acids is 6. The SMILES string of the molecule is CCOC(=O)C(=O)CSCC(NC(=O)C(CSCC(=O)C(=O)OCC)NC(=O)CCC(N)C(=O)O)C(=O)O. The zero-order chi connectivity index (χ0) is 29.3. The van der Waals surface area contributed by atoms with Crippen molar-refractivity contribution in [2.75, 3.05) is 36.2 Å². The number of amides is 2. The molecule has 0 aliphatic heterocycles. The minimum atomic E-state index is -1.52. The third kappa shape index (κ3) is 14.5. The van der Waals surface area contributed by atoms with Gasteiger partial charge in [-0.2, -0.15) is 23.5 Å². The average molecular weight is 582 g/mol. The summed E-state index contributed by atoms with van der Waals surface area (Å²) in [5.41, 5.74) is 5.36. The molecular weight excluding hydrogens is 550 g/mol. The molecule has 0 aromatic heterocycles. The van der Waals surface area contributed by atoms with Crippen molar-refractivity contribution >= 4 is 70.8 Å². The van der Waals surface area contributed by atoms with Crippen molar-refractivity contribution in [1.82, 2.24) is 10.6 Å². The molecule has 0 fully saturated rings. The first-order chi connectivity index (χ1) is 17.8. The van der Waals surface area contributed by atoms with Gasteiger partial charge in [0, 0.05) is 17.9 Å². The number of carbonyl (C=O) groups is 8. The first-order valence-electron chi connectivity index (χ1n) is 11.2. The minimum absolute atomic E-state index is 0.0121. The molecule has 0 rings (SSSR count). The number of nitrogens with two attached hydrogens (primary N) is 1. The number of esters is 2. The number of thioether (sulfide) groups is 2. The summed E-state index contributed by atoms with van der Waals surface area (Å²) in [5.74, 6) is -9.79. The summed E-state index contributed by atoms with van der Waals surface area (Å²) in [4.78, 5) is 93.8. The molecule has 6 N–H and O–H groups in total. The Labute approximate surface area is 226 Å². The van der Waals surface area contributed by atoms with E-state index in [2.05, 4.69) is 20.1 Å². The van der Waals surface area contributed by atoms with E-state index >= 15 is 0 Å². The highest BCUT2D eigenvalue weighted by Crippen LogP contribution is 2.09. The van der Waals surface area contributed by atoms with Crippen LogP contribution in [0.25, 0.3) is 0 Å². The zero-order valence-corrected chi connectivity index (χ0v) is 22.4. The smallest absolute Gasteiger partial charge is 0.375 e. The van der Waals surface area contributed by atoms with E-state index in [1.165, 1.54) is 13.8 Å². The summed E-state index contributed by atoms with van der Waals surface area (Å²) in [7, 11) is 0. The van der Waals surface area contributed by atoms with Crippen LogP contribution in [0.15, 0.2) is 0 Å². The number of hydrogen-bond acceptors (Lipinski definition) is 13. The molecule has 2 amide bonds. The fourth-order valence-electron chi connectivity index (χ4n) is 2.39. The molecule has 3 unspecified atom stereocenters. The van der Waals surface area contributed by atoms with Crippen LogP contribution in [0.5, 0.6) is 0 Å². The summed E-state index contributed by atoms with van der Waals surface area (Å²) >= 11 is 1.55. The van der Waals surface area contributed by atoms with Crippen molar-refractivity contribution < 1.29 is 58.0 Å². The fourth-order valence-corrected chi connectivity index (χ4v) is 4.16. The number of nitrogens with one attached hydrogen (secondary N) is 2. The van der Waals surface area contributed by atoms with E-state index in [-0.39, 0.29) is 37.6 Å². The van der Waals surface area contributed by atoms with Gasteiger partial charge >= 0.3 is 23.9 Å².